The van der Waals surface area contributed by atoms with Crippen LogP contribution >= 0.6 is 0 Å². The third kappa shape index (κ3) is 4.51. The largest absolute Gasteiger partial charge is 0.461 e. The van der Waals surface area contributed by atoms with Crippen LogP contribution in [0, 0.1) is 5.92 Å². The van der Waals surface area contributed by atoms with Crippen LogP contribution in [0.1, 0.15) is 18.2 Å². The molecule has 0 aliphatic carbocycles. The van der Waals surface area contributed by atoms with E-state index in [0.29, 0.717) is 19.7 Å². The number of nitrogens with one attached hydrogen (secondary N) is 1. The summed E-state index contributed by atoms with van der Waals surface area (Å²) >= 11 is 0. The van der Waals surface area contributed by atoms with E-state index in [1.54, 1.807) is 6.07 Å². The molecule has 5 nitrogen and oxygen atoms in total. The van der Waals surface area contributed by atoms with E-state index in [1.165, 1.54) is 6.26 Å². The van der Waals surface area contributed by atoms with Crippen molar-refractivity contribution >= 4 is 5.97 Å². The van der Waals surface area contributed by atoms with Crippen LogP contribution in [0.4, 0.5) is 0 Å². The quantitative estimate of drug-likeness (QED) is 0.784. The van der Waals surface area contributed by atoms with Gasteiger partial charge in [0.05, 0.1) is 11.6 Å². The Bertz CT molecular complexity index is 511. The van der Waals surface area contributed by atoms with Gasteiger partial charge in [0.2, 0.25) is 0 Å². The number of aromatic nitrogens is 1. The zero-order valence-electron chi connectivity index (χ0n) is 11.4. The van der Waals surface area contributed by atoms with Crippen LogP contribution in [-0.4, -0.2) is 17.7 Å². The number of rotatable bonds is 7. The molecule has 1 atom stereocenters. The molecule has 0 saturated heterocycles. The second-order valence-electron chi connectivity index (χ2n) is 4.62. The summed E-state index contributed by atoms with van der Waals surface area (Å²) in [6.45, 7) is 3.27. The van der Waals surface area contributed by atoms with Gasteiger partial charge in [0.25, 0.3) is 0 Å². The van der Waals surface area contributed by atoms with Gasteiger partial charge in [0.15, 0.2) is 0 Å². The summed E-state index contributed by atoms with van der Waals surface area (Å²) in [6.07, 6.45) is 1.52. The van der Waals surface area contributed by atoms with Gasteiger partial charge in [-0.3, -0.25) is 4.79 Å². The minimum atomic E-state index is -0.207. The number of ether oxygens (including phenoxy) is 1. The predicted octanol–water partition coefficient (Wildman–Crippen LogP) is 2.14. The van der Waals surface area contributed by atoms with Gasteiger partial charge in [-0.25, -0.2) is 0 Å². The Morgan fingerprint density at radius 1 is 1.35 bits per heavy atom. The Labute approximate surface area is 117 Å². The van der Waals surface area contributed by atoms with Crippen LogP contribution in [0.25, 0.3) is 0 Å². The van der Waals surface area contributed by atoms with Crippen molar-refractivity contribution in [1.82, 2.24) is 10.5 Å². The molecule has 0 aliphatic heterocycles. The van der Waals surface area contributed by atoms with Crippen molar-refractivity contribution in [3.8, 4) is 0 Å². The fraction of sp³-hybridized carbons (Fsp3) is 0.333. The standard InChI is InChI=1S/C15H18N2O3/c1-12(9-16-10-14-7-8-20-17-14)15(18)19-11-13-5-3-2-4-6-13/h2-8,12,16H,9-11H2,1H3. The molecule has 2 aromatic rings. The van der Waals surface area contributed by atoms with Crippen molar-refractivity contribution in [3.63, 3.8) is 0 Å². The molecular formula is C15H18N2O3. The fourth-order valence-corrected chi connectivity index (χ4v) is 1.70. The highest BCUT2D eigenvalue weighted by Crippen LogP contribution is 2.04. The minimum Gasteiger partial charge on any atom is -0.461 e. The van der Waals surface area contributed by atoms with Gasteiger partial charge in [-0.15, -0.1) is 0 Å². The second-order valence-corrected chi connectivity index (χ2v) is 4.62. The van der Waals surface area contributed by atoms with E-state index in [2.05, 4.69) is 10.5 Å². The molecule has 0 spiro atoms. The van der Waals surface area contributed by atoms with Crippen LogP contribution in [0.3, 0.4) is 0 Å². The highest BCUT2D eigenvalue weighted by atomic mass is 16.5. The third-order valence-electron chi connectivity index (χ3n) is 2.87. The van der Waals surface area contributed by atoms with E-state index in [4.69, 9.17) is 9.26 Å². The van der Waals surface area contributed by atoms with Crippen molar-refractivity contribution in [2.75, 3.05) is 6.54 Å². The van der Waals surface area contributed by atoms with E-state index in [0.717, 1.165) is 11.3 Å². The molecule has 0 fully saturated rings. The minimum absolute atomic E-state index is 0.203. The maximum absolute atomic E-state index is 11.8. The van der Waals surface area contributed by atoms with E-state index < -0.39 is 0 Å². The first-order valence-electron chi connectivity index (χ1n) is 6.56. The number of carbonyl (C=O) groups is 1. The molecule has 0 aliphatic rings. The van der Waals surface area contributed by atoms with Gasteiger partial charge in [0.1, 0.15) is 12.9 Å². The van der Waals surface area contributed by atoms with Gasteiger partial charge < -0.3 is 14.6 Å². The summed E-state index contributed by atoms with van der Waals surface area (Å²) in [5, 5.41) is 6.92. The highest BCUT2D eigenvalue weighted by Gasteiger charge is 2.14. The molecule has 0 bridgehead atoms. The summed E-state index contributed by atoms with van der Waals surface area (Å²) in [5.74, 6) is -0.410. The molecule has 1 aromatic heterocycles. The van der Waals surface area contributed by atoms with Crippen molar-refractivity contribution in [3.05, 3.63) is 53.9 Å². The van der Waals surface area contributed by atoms with Crippen LogP contribution in [0.5, 0.6) is 0 Å². The van der Waals surface area contributed by atoms with E-state index in [1.807, 2.05) is 37.3 Å². The lowest BCUT2D eigenvalue weighted by atomic mass is 10.2. The lowest BCUT2D eigenvalue weighted by molar-refractivity contribution is -0.149. The molecule has 0 saturated carbocycles. The number of hydrogen-bond donors (Lipinski definition) is 1. The first-order chi connectivity index (χ1) is 9.75. The molecule has 2 rings (SSSR count). The van der Waals surface area contributed by atoms with Gasteiger partial charge in [-0.05, 0) is 5.56 Å². The number of esters is 1. The molecule has 0 radical (unpaired) electrons. The fourth-order valence-electron chi connectivity index (χ4n) is 1.70. The Hall–Kier alpha value is -2.14. The molecular weight excluding hydrogens is 256 g/mol. The Balaban J connectivity index is 1.66. The van der Waals surface area contributed by atoms with Crippen LogP contribution in [0.2, 0.25) is 0 Å². The van der Waals surface area contributed by atoms with Crippen molar-refractivity contribution in [1.29, 1.82) is 0 Å². The average Bonchev–Trinajstić information content (AvgIpc) is 2.99. The van der Waals surface area contributed by atoms with Crippen molar-refractivity contribution in [2.45, 2.75) is 20.1 Å². The third-order valence-corrected chi connectivity index (χ3v) is 2.87. The molecule has 106 valence electrons. The number of nitrogens with zero attached hydrogens (tertiary/aromatic N) is 1. The van der Waals surface area contributed by atoms with E-state index >= 15 is 0 Å². The van der Waals surface area contributed by atoms with Crippen LogP contribution in [-0.2, 0) is 22.7 Å². The predicted molar refractivity (Wildman–Crippen MR) is 73.6 cm³/mol. The zero-order chi connectivity index (χ0) is 14.2. The van der Waals surface area contributed by atoms with Crippen LogP contribution < -0.4 is 5.32 Å². The van der Waals surface area contributed by atoms with Gasteiger partial charge in [-0.2, -0.15) is 0 Å². The number of benzene rings is 1. The molecule has 0 amide bonds. The lowest BCUT2D eigenvalue weighted by Gasteiger charge is -2.12. The maximum atomic E-state index is 11.8. The summed E-state index contributed by atoms with van der Waals surface area (Å²) in [5.41, 5.74) is 1.80. The molecule has 1 heterocycles. The van der Waals surface area contributed by atoms with E-state index in [9.17, 15) is 4.79 Å². The molecule has 1 aromatic carbocycles. The Kier molecular flexibility index (Phi) is 5.32. The summed E-state index contributed by atoms with van der Waals surface area (Å²) in [4.78, 5) is 11.8. The van der Waals surface area contributed by atoms with Gasteiger partial charge in [0, 0.05) is 19.2 Å². The molecule has 1 N–H and O–H groups in total. The summed E-state index contributed by atoms with van der Waals surface area (Å²) in [6, 6.07) is 11.4. The average molecular weight is 274 g/mol. The molecule has 5 heteroatoms. The Morgan fingerprint density at radius 2 is 2.15 bits per heavy atom. The number of carbonyl (C=O) groups excluding carboxylic acids is 1. The first kappa shape index (κ1) is 14.3. The first-order valence-corrected chi connectivity index (χ1v) is 6.56. The molecule has 1 unspecified atom stereocenters. The normalized spacial score (nSPS) is 12.1. The summed E-state index contributed by atoms with van der Waals surface area (Å²) in [7, 11) is 0. The topological polar surface area (TPSA) is 64.4 Å². The monoisotopic (exact) mass is 274 g/mol. The van der Waals surface area contributed by atoms with Crippen LogP contribution in [0.15, 0.2) is 47.2 Å². The Morgan fingerprint density at radius 3 is 2.85 bits per heavy atom. The van der Waals surface area contributed by atoms with Crippen molar-refractivity contribution in [2.24, 2.45) is 5.92 Å². The van der Waals surface area contributed by atoms with Gasteiger partial charge in [-0.1, -0.05) is 42.4 Å². The van der Waals surface area contributed by atoms with E-state index in [-0.39, 0.29) is 11.9 Å². The lowest BCUT2D eigenvalue weighted by Crippen LogP contribution is -2.27. The number of hydrogen-bond acceptors (Lipinski definition) is 5. The van der Waals surface area contributed by atoms with Gasteiger partial charge >= 0.3 is 5.97 Å². The summed E-state index contributed by atoms with van der Waals surface area (Å²) < 4.78 is 9.99. The second kappa shape index (κ2) is 7.45. The zero-order valence-corrected chi connectivity index (χ0v) is 11.4. The SMILES string of the molecule is CC(CNCc1ccon1)C(=O)OCc1ccccc1. The highest BCUT2D eigenvalue weighted by molar-refractivity contribution is 5.72. The smallest absolute Gasteiger partial charge is 0.310 e. The molecule has 20 heavy (non-hydrogen) atoms. The van der Waals surface area contributed by atoms with Crippen molar-refractivity contribution < 1.29 is 14.1 Å². The maximum Gasteiger partial charge on any atom is 0.310 e.